The summed E-state index contributed by atoms with van der Waals surface area (Å²) < 4.78 is 0. The number of alkyl halides is 1. The van der Waals surface area contributed by atoms with Crippen LogP contribution in [0.2, 0.25) is 0 Å². The fourth-order valence-electron chi connectivity index (χ4n) is 0.503. The number of hydrogen-bond donors (Lipinski definition) is 0. The van der Waals surface area contributed by atoms with Crippen LogP contribution in [0.4, 0.5) is 0 Å². The first kappa shape index (κ1) is 8.03. The summed E-state index contributed by atoms with van der Waals surface area (Å²) in [5.41, 5.74) is 0. The fraction of sp³-hybridized carbons (Fsp3) is 0.714. The van der Waals surface area contributed by atoms with Gasteiger partial charge >= 0.3 is 0 Å². The second-order valence-corrected chi connectivity index (χ2v) is 2.08. The zero-order valence-corrected chi connectivity index (χ0v) is 6.12. The molecule has 0 aromatic heterocycles. The zero-order valence-electron chi connectivity index (χ0n) is 5.36. The molecule has 0 radical (unpaired) electrons. The minimum atomic E-state index is 0.656. The highest BCUT2D eigenvalue weighted by molar-refractivity contribution is 6.18. The van der Waals surface area contributed by atoms with Crippen LogP contribution in [0.1, 0.15) is 26.2 Å². The van der Waals surface area contributed by atoms with E-state index in [2.05, 4.69) is 13.0 Å². The third-order valence-electron chi connectivity index (χ3n) is 0.980. The Morgan fingerprint density at radius 1 is 1.38 bits per heavy atom. The molecule has 8 heavy (non-hydrogen) atoms. The van der Waals surface area contributed by atoms with Crippen molar-refractivity contribution in [1.29, 1.82) is 0 Å². The van der Waals surface area contributed by atoms with Crippen LogP contribution >= 0.6 is 11.6 Å². The molecule has 0 saturated carbocycles. The Hall–Kier alpha value is 0.0300. The van der Waals surface area contributed by atoms with Crippen molar-refractivity contribution in [2.75, 3.05) is 5.88 Å². The summed E-state index contributed by atoms with van der Waals surface area (Å²) >= 11 is 5.39. The SMILES string of the molecule is CCCC/C=C/CCl. The van der Waals surface area contributed by atoms with Gasteiger partial charge in [-0.25, -0.2) is 0 Å². The van der Waals surface area contributed by atoms with Crippen LogP contribution in [0.25, 0.3) is 0 Å². The number of allylic oxidation sites excluding steroid dienone is 2. The van der Waals surface area contributed by atoms with Crippen LogP contribution in [0.15, 0.2) is 12.2 Å². The largest absolute Gasteiger partial charge is 0.122 e. The van der Waals surface area contributed by atoms with Crippen LogP contribution in [0.5, 0.6) is 0 Å². The molecule has 0 spiro atoms. The Morgan fingerprint density at radius 3 is 2.62 bits per heavy atom. The van der Waals surface area contributed by atoms with E-state index in [-0.39, 0.29) is 0 Å². The molecule has 0 aromatic rings. The molecule has 0 fully saturated rings. The first-order valence-corrected chi connectivity index (χ1v) is 3.66. The Morgan fingerprint density at radius 2 is 2.12 bits per heavy atom. The van der Waals surface area contributed by atoms with Crippen molar-refractivity contribution in [2.45, 2.75) is 26.2 Å². The molecule has 0 N–H and O–H groups in total. The van der Waals surface area contributed by atoms with Gasteiger partial charge in [0, 0.05) is 5.88 Å². The first-order chi connectivity index (χ1) is 3.91. The maximum atomic E-state index is 5.39. The van der Waals surface area contributed by atoms with Gasteiger partial charge in [-0.2, -0.15) is 0 Å². The van der Waals surface area contributed by atoms with Gasteiger partial charge < -0.3 is 0 Å². The summed E-state index contributed by atoms with van der Waals surface area (Å²) in [6, 6.07) is 0. The van der Waals surface area contributed by atoms with Gasteiger partial charge in [0.15, 0.2) is 0 Å². The summed E-state index contributed by atoms with van der Waals surface area (Å²) in [6.45, 7) is 2.19. The van der Waals surface area contributed by atoms with E-state index < -0.39 is 0 Å². The molecule has 0 unspecified atom stereocenters. The Balaban J connectivity index is 2.80. The standard InChI is InChI=1S/C7H13Cl/c1-2-3-4-5-6-7-8/h5-6H,2-4,7H2,1H3/b6-5+. The molecule has 0 aliphatic carbocycles. The highest BCUT2D eigenvalue weighted by Crippen LogP contribution is 1.94. The van der Waals surface area contributed by atoms with Crippen LogP contribution in [0.3, 0.4) is 0 Å². The summed E-state index contributed by atoms with van der Waals surface area (Å²) in [6.07, 6.45) is 7.87. The van der Waals surface area contributed by atoms with Crippen molar-refractivity contribution in [2.24, 2.45) is 0 Å². The van der Waals surface area contributed by atoms with Crippen molar-refractivity contribution in [3.63, 3.8) is 0 Å². The molecular weight excluding hydrogens is 120 g/mol. The lowest BCUT2D eigenvalue weighted by molar-refractivity contribution is 0.814. The van der Waals surface area contributed by atoms with Gasteiger partial charge in [-0.3, -0.25) is 0 Å². The molecule has 48 valence electrons. The molecule has 0 heterocycles. The maximum Gasteiger partial charge on any atom is 0.0404 e. The van der Waals surface area contributed by atoms with E-state index in [1.165, 1.54) is 19.3 Å². The molecule has 1 heteroatoms. The average Bonchev–Trinajstić information content (AvgIpc) is 1.81. The minimum absolute atomic E-state index is 0.656. The van der Waals surface area contributed by atoms with Gasteiger partial charge in [-0.15, -0.1) is 11.6 Å². The molecule has 0 nitrogen and oxygen atoms in total. The van der Waals surface area contributed by atoms with E-state index >= 15 is 0 Å². The van der Waals surface area contributed by atoms with Crippen LogP contribution in [-0.4, -0.2) is 5.88 Å². The Kier molecular flexibility index (Phi) is 7.06. The summed E-state index contributed by atoms with van der Waals surface area (Å²) in [4.78, 5) is 0. The predicted octanol–water partition coefficient (Wildman–Crippen LogP) is 2.97. The second kappa shape index (κ2) is 7.03. The molecule has 0 aliphatic heterocycles. The van der Waals surface area contributed by atoms with Gasteiger partial charge in [0.1, 0.15) is 0 Å². The topological polar surface area (TPSA) is 0 Å². The monoisotopic (exact) mass is 132 g/mol. The number of halogens is 1. The summed E-state index contributed by atoms with van der Waals surface area (Å²) in [5, 5.41) is 0. The predicted molar refractivity (Wildman–Crippen MR) is 39.4 cm³/mol. The van der Waals surface area contributed by atoms with E-state index in [0.717, 1.165) is 0 Å². The third-order valence-corrected chi connectivity index (χ3v) is 1.16. The number of unbranched alkanes of at least 4 members (excludes halogenated alkanes) is 2. The van der Waals surface area contributed by atoms with Gasteiger partial charge in [0.25, 0.3) is 0 Å². The molecule has 0 saturated heterocycles. The zero-order chi connectivity index (χ0) is 6.24. The van der Waals surface area contributed by atoms with Gasteiger partial charge in [-0.1, -0.05) is 31.9 Å². The van der Waals surface area contributed by atoms with E-state index in [1.54, 1.807) is 0 Å². The lowest BCUT2D eigenvalue weighted by Gasteiger charge is -1.85. The quantitative estimate of drug-likeness (QED) is 0.314. The van der Waals surface area contributed by atoms with Gasteiger partial charge in [0.05, 0.1) is 0 Å². The van der Waals surface area contributed by atoms with E-state index in [4.69, 9.17) is 11.6 Å². The van der Waals surface area contributed by atoms with Gasteiger partial charge in [-0.05, 0) is 6.42 Å². The molecule has 0 aromatic carbocycles. The number of rotatable bonds is 4. The maximum absolute atomic E-state index is 5.39. The van der Waals surface area contributed by atoms with Crippen LogP contribution in [0, 0.1) is 0 Å². The lowest BCUT2D eigenvalue weighted by Crippen LogP contribution is -1.66. The van der Waals surface area contributed by atoms with E-state index in [0.29, 0.717) is 5.88 Å². The highest BCUT2D eigenvalue weighted by Gasteiger charge is 1.75. The molecule has 0 atom stereocenters. The normalized spacial score (nSPS) is 10.8. The van der Waals surface area contributed by atoms with E-state index in [1.807, 2.05) is 6.08 Å². The van der Waals surface area contributed by atoms with Crippen molar-refractivity contribution in [1.82, 2.24) is 0 Å². The lowest BCUT2D eigenvalue weighted by atomic mass is 10.2. The molecular formula is C7H13Cl. The average molecular weight is 133 g/mol. The highest BCUT2D eigenvalue weighted by atomic mass is 35.5. The molecule has 0 bridgehead atoms. The molecule has 0 rings (SSSR count). The third kappa shape index (κ3) is 6.03. The first-order valence-electron chi connectivity index (χ1n) is 3.12. The fourth-order valence-corrected chi connectivity index (χ4v) is 0.629. The van der Waals surface area contributed by atoms with Crippen molar-refractivity contribution in [3.05, 3.63) is 12.2 Å². The smallest absolute Gasteiger partial charge is 0.0404 e. The van der Waals surface area contributed by atoms with Crippen molar-refractivity contribution < 1.29 is 0 Å². The van der Waals surface area contributed by atoms with Crippen LogP contribution < -0.4 is 0 Å². The summed E-state index contributed by atoms with van der Waals surface area (Å²) in [5.74, 6) is 0.656. The molecule has 0 amide bonds. The van der Waals surface area contributed by atoms with Crippen LogP contribution in [-0.2, 0) is 0 Å². The number of hydrogen-bond acceptors (Lipinski definition) is 0. The Bertz CT molecular complexity index is 57.4. The van der Waals surface area contributed by atoms with Crippen molar-refractivity contribution in [3.8, 4) is 0 Å². The van der Waals surface area contributed by atoms with Crippen molar-refractivity contribution >= 4 is 11.6 Å². The van der Waals surface area contributed by atoms with E-state index in [9.17, 15) is 0 Å². The Labute approximate surface area is 56.5 Å². The van der Waals surface area contributed by atoms with Gasteiger partial charge in [0.2, 0.25) is 0 Å². The molecule has 0 aliphatic rings. The second-order valence-electron chi connectivity index (χ2n) is 1.77. The summed E-state index contributed by atoms with van der Waals surface area (Å²) in [7, 11) is 0. The minimum Gasteiger partial charge on any atom is -0.122 e.